The molecule has 1 aliphatic carbocycles. The zero-order valence-electron chi connectivity index (χ0n) is 17.6. The Morgan fingerprint density at radius 1 is 1.19 bits per heavy atom. The van der Waals surface area contributed by atoms with Gasteiger partial charge in [0.2, 0.25) is 0 Å². The van der Waals surface area contributed by atoms with Gasteiger partial charge in [0.1, 0.15) is 11.5 Å². The largest absolute Gasteiger partial charge is 0.394 e. The molecule has 0 saturated heterocycles. The van der Waals surface area contributed by atoms with Crippen molar-refractivity contribution in [2.45, 2.75) is 31.7 Å². The van der Waals surface area contributed by atoms with Crippen LogP contribution in [0.25, 0.3) is 6.08 Å². The fourth-order valence-corrected chi connectivity index (χ4v) is 3.82. The number of hydrogen-bond acceptors (Lipinski definition) is 4. The van der Waals surface area contributed by atoms with Crippen molar-refractivity contribution in [1.29, 1.82) is 0 Å². The van der Waals surface area contributed by atoms with Gasteiger partial charge in [0.15, 0.2) is 0 Å². The minimum Gasteiger partial charge on any atom is -0.394 e. The topological polar surface area (TPSA) is 87.7 Å². The average Bonchev–Trinajstić information content (AvgIpc) is 2.99. The summed E-state index contributed by atoms with van der Waals surface area (Å²) >= 11 is 0. The Morgan fingerprint density at radius 2 is 1.94 bits per heavy atom. The molecule has 1 aliphatic rings. The van der Waals surface area contributed by atoms with Crippen molar-refractivity contribution in [3.8, 4) is 0 Å². The van der Waals surface area contributed by atoms with E-state index in [-0.39, 0.29) is 18.1 Å². The molecule has 2 aromatic rings. The normalized spacial score (nSPS) is 19.7. The van der Waals surface area contributed by atoms with Crippen LogP contribution in [0.4, 0.5) is 4.39 Å². The standard InChI is InChI=1S/C25H28FN3O2/c1-28-24-19(14-17-8-7-12-20(26)15-17)11-5-6-13-21(24)23(27)25(31)29-22(16-30)18-9-3-2-4-10-18/h2-4,7-10,12,14-15,22,30H,5-6,11,13,16,27H2,1H3,(H,29,31)/b19-14+,23-21?,28-24?/t22-/m0/s1. The number of nitrogens with two attached hydrogens (primary N) is 1. The molecule has 5 nitrogen and oxygen atoms in total. The Balaban J connectivity index is 1.91. The first-order chi connectivity index (χ1) is 15.0. The Bertz CT molecular complexity index is 1010. The van der Waals surface area contributed by atoms with Gasteiger partial charge in [-0.1, -0.05) is 42.5 Å². The number of aliphatic imine (C=N–C) groups is 1. The van der Waals surface area contributed by atoms with Crippen LogP contribution in [-0.4, -0.2) is 30.4 Å². The summed E-state index contributed by atoms with van der Waals surface area (Å²) in [5.41, 5.74) is 10.2. The fourth-order valence-electron chi connectivity index (χ4n) is 3.82. The van der Waals surface area contributed by atoms with E-state index in [1.807, 2.05) is 42.5 Å². The van der Waals surface area contributed by atoms with E-state index in [0.29, 0.717) is 17.7 Å². The van der Waals surface area contributed by atoms with Gasteiger partial charge in [-0.3, -0.25) is 9.79 Å². The molecule has 1 atom stereocenters. The minimum atomic E-state index is -0.553. The Morgan fingerprint density at radius 3 is 2.61 bits per heavy atom. The Labute approximate surface area is 182 Å². The maximum Gasteiger partial charge on any atom is 0.268 e. The zero-order chi connectivity index (χ0) is 22.2. The summed E-state index contributed by atoms with van der Waals surface area (Å²) < 4.78 is 13.6. The molecule has 4 N–H and O–H groups in total. The molecule has 0 aliphatic heterocycles. The molecule has 0 radical (unpaired) electrons. The zero-order valence-corrected chi connectivity index (χ0v) is 17.6. The molecule has 0 heterocycles. The van der Waals surface area contributed by atoms with E-state index >= 15 is 0 Å². The van der Waals surface area contributed by atoms with Crippen LogP contribution in [0.2, 0.25) is 0 Å². The van der Waals surface area contributed by atoms with Gasteiger partial charge in [-0.25, -0.2) is 4.39 Å². The lowest BCUT2D eigenvalue weighted by Gasteiger charge is -2.19. The van der Waals surface area contributed by atoms with Crippen molar-refractivity contribution in [3.63, 3.8) is 0 Å². The number of carbonyl (C=O) groups excluding carboxylic acids is 1. The predicted molar refractivity (Wildman–Crippen MR) is 122 cm³/mol. The number of rotatable bonds is 5. The minimum absolute atomic E-state index is 0.0991. The van der Waals surface area contributed by atoms with Gasteiger partial charge >= 0.3 is 0 Å². The number of benzene rings is 2. The number of amides is 1. The fraction of sp³-hybridized carbons (Fsp3) is 0.280. The maximum absolute atomic E-state index is 13.6. The van der Waals surface area contributed by atoms with Gasteiger partial charge < -0.3 is 16.2 Å². The Hall–Kier alpha value is -3.25. The number of allylic oxidation sites excluding steroid dienone is 2. The number of hydrogen-bond donors (Lipinski definition) is 3. The highest BCUT2D eigenvalue weighted by atomic mass is 19.1. The van der Waals surface area contributed by atoms with E-state index in [2.05, 4.69) is 10.3 Å². The number of carbonyl (C=O) groups is 1. The van der Waals surface area contributed by atoms with Gasteiger partial charge in [-0.05, 0) is 60.6 Å². The van der Waals surface area contributed by atoms with Gasteiger partial charge in [-0.2, -0.15) is 0 Å². The van der Waals surface area contributed by atoms with Gasteiger partial charge in [0.25, 0.3) is 5.91 Å². The van der Waals surface area contributed by atoms with Crippen LogP contribution in [-0.2, 0) is 4.79 Å². The van der Waals surface area contributed by atoms with Crippen LogP contribution in [0.5, 0.6) is 0 Å². The van der Waals surface area contributed by atoms with E-state index in [0.717, 1.165) is 36.0 Å². The van der Waals surface area contributed by atoms with Crippen LogP contribution in [0, 0.1) is 5.82 Å². The third-order valence-corrected chi connectivity index (χ3v) is 5.39. The third-order valence-electron chi connectivity index (χ3n) is 5.39. The highest BCUT2D eigenvalue weighted by Crippen LogP contribution is 2.28. The predicted octanol–water partition coefficient (Wildman–Crippen LogP) is 3.92. The number of nitrogens with zero attached hydrogens (tertiary/aromatic N) is 1. The molecule has 31 heavy (non-hydrogen) atoms. The van der Waals surface area contributed by atoms with Crippen LogP contribution in [0.1, 0.15) is 42.9 Å². The van der Waals surface area contributed by atoms with Crippen LogP contribution in [0.3, 0.4) is 0 Å². The second-order valence-electron chi connectivity index (χ2n) is 7.52. The monoisotopic (exact) mass is 421 g/mol. The van der Waals surface area contributed by atoms with Crippen LogP contribution >= 0.6 is 0 Å². The highest BCUT2D eigenvalue weighted by Gasteiger charge is 2.23. The number of aliphatic hydroxyl groups is 1. The summed E-state index contributed by atoms with van der Waals surface area (Å²) in [5.74, 6) is -0.741. The first-order valence-corrected chi connectivity index (χ1v) is 10.4. The van der Waals surface area contributed by atoms with E-state index in [1.165, 1.54) is 12.1 Å². The van der Waals surface area contributed by atoms with Crippen molar-refractivity contribution in [1.82, 2.24) is 5.32 Å². The summed E-state index contributed by atoms with van der Waals surface area (Å²) in [6, 6.07) is 15.1. The Kier molecular flexibility index (Phi) is 7.73. The van der Waals surface area contributed by atoms with Gasteiger partial charge in [0.05, 0.1) is 18.4 Å². The molecule has 0 aromatic heterocycles. The molecule has 162 valence electrons. The van der Waals surface area contributed by atoms with Crippen molar-refractivity contribution in [2.75, 3.05) is 13.7 Å². The molecular weight excluding hydrogens is 393 g/mol. The maximum atomic E-state index is 13.6. The van der Waals surface area contributed by atoms with Gasteiger partial charge in [-0.15, -0.1) is 0 Å². The summed E-state index contributed by atoms with van der Waals surface area (Å²) in [6.45, 7) is -0.238. The van der Waals surface area contributed by atoms with Crippen LogP contribution < -0.4 is 11.1 Å². The summed E-state index contributed by atoms with van der Waals surface area (Å²) in [7, 11) is 1.67. The van der Waals surface area contributed by atoms with Crippen molar-refractivity contribution >= 4 is 17.7 Å². The molecule has 1 amide bonds. The molecule has 2 aromatic carbocycles. The summed E-state index contributed by atoms with van der Waals surface area (Å²) in [5, 5.41) is 12.6. The van der Waals surface area contributed by atoms with E-state index < -0.39 is 11.9 Å². The molecule has 1 fully saturated rings. The number of aliphatic hydroxyl groups excluding tert-OH is 1. The average molecular weight is 422 g/mol. The first kappa shape index (κ1) is 22.4. The molecule has 1 saturated carbocycles. The third kappa shape index (κ3) is 5.67. The highest BCUT2D eigenvalue weighted by molar-refractivity contribution is 6.18. The SMILES string of the molecule is CN=C1C(=C(N)C(=O)N[C@@H](CO)c2ccccc2)CCCC/C1=C\c1cccc(F)c1. The number of nitrogens with one attached hydrogen (secondary N) is 1. The van der Waals surface area contributed by atoms with Crippen LogP contribution in [0.15, 0.2) is 76.4 Å². The number of halogens is 1. The summed E-state index contributed by atoms with van der Waals surface area (Å²) in [6.07, 6.45) is 5.08. The summed E-state index contributed by atoms with van der Waals surface area (Å²) in [4.78, 5) is 17.4. The molecule has 0 unspecified atom stereocenters. The molecule has 3 rings (SSSR count). The molecule has 6 heteroatoms. The van der Waals surface area contributed by atoms with E-state index in [9.17, 15) is 14.3 Å². The van der Waals surface area contributed by atoms with E-state index in [4.69, 9.17) is 5.73 Å². The second kappa shape index (κ2) is 10.7. The quantitative estimate of drug-likeness (QED) is 0.505. The van der Waals surface area contributed by atoms with Crippen molar-refractivity contribution in [3.05, 3.63) is 88.4 Å². The molecule has 0 spiro atoms. The first-order valence-electron chi connectivity index (χ1n) is 10.4. The second-order valence-corrected chi connectivity index (χ2v) is 7.52. The van der Waals surface area contributed by atoms with Crippen molar-refractivity contribution < 1.29 is 14.3 Å². The lowest BCUT2D eigenvalue weighted by molar-refractivity contribution is -0.118. The lowest BCUT2D eigenvalue weighted by atomic mass is 9.96. The van der Waals surface area contributed by atoms with Crippen molar-refractivity contribution in [2.24, 2.45) is 10.7 Å². The smallest absolute Gasteiger partial charge is 0.268 e. The molecule has 0 bridgehead atoms. The lowest BCUT2D eigenvalue weighted by Crippen LogP contribution is -2.35. The molecular formula is C25H28FN3O2. The van der Waals surface area contributed by atoms with E-state index in [1.54, 1.807) is 13.1 Å². The van der Waals surface area contributed by atoms with Gasteiger partial charge in [0, 0.05) is 12.6 Å².